The average molecular weight is 456 g/mol. The maximum atomic E-state index is 13.1. The lowest BCUT2D eigenvalue weighted by molar-refractivity contribution is -0.123. The van der Waals surface area contributed by atoms with Crippen LogP contribution in [0.1, 0.15) is 18.1 Å². The Balaban J connectivity index is 1.77. The number of likely N-dealkylation sites (N-methyl/N-ethyl adjacent to an activating group) is 1. The first-order chi connectivity index (χ1) is 16.3. The number of fused-ring (bicyclic) bond motifs is 2. The molecule has 2 aromatic heterocycles. The van der Waals surface area contributed by atoms with Crippen LogP contribution in [-0.2, 0) is 20.9 Å². The molecule has 8 nitrogen and oxygen atoms in total. The zero-order valence-corrected chi connectivity index (χ0v) is 19.2. The molecule has 3 amide bonds. The van der Waals surface area contributed by atoms with Gasteiger partial charge in [0.25, 0.3) is 11.8 Å². The van der Waals surface area contributed by atoms with Gasteiger partial charge in [0, 0.05) is 71.0 Å². The Bertz CT molecular complexity index is 1510. The molecule has 2 aromatic carbocycles. The van der Waals surface area contributed by atoms with Gasteiger partial charge in [-0.25, -0.2) is 0 Å². The molecule has 3 heterocycles. The van der Waals surface area contributed by atoms with E-state index in [1.807, 2.05) is 62.8 Å². The number of rotatable bonds is 6. The minimum absolute atomic E-state index is 0.180. The Hall–Kier alpha value is -4.17. The number of nitrogens with zero attached hydrogens (tertiary/aromatic N) is 2. The third-order valence-electron chi connectivity index (χ3n) is 6.05. The Labute approximate surface area is 196 Å². The molecule has 172 valence electrons. The van der Waals surface area contributed by atoms with Crippen LogP contribution in [0, 0.1) is 0 Å². The van der Waals surface area contributed by atoms with Crippen molar-refractivity contribution >= 4 is 56.4 Å². The lowest BCUT2D eigenvalue weighted by Crippen LogP contribution is -2.22. The van der Waals surface area contributed by atoms with Crippen molar-refractivity contribution in [3.05, 3.63) is 66.0 Å². The number of aromatic amines is 1. The molecule has 0 spiro atoms. The molecule has 0 radical (unpaired) electrons. The first-order valence-corrected chi connectivity index (χ1v) is 11.1. The summed E-state index contributed by atoms with van der Waals surface area (Å²) in [5, 5.41) is 6.96. The van der Waals surface area contributed by atoms with Gasteiger partial charge in [-0.1, -0.05) is 18.2 Å². The Morgan fingerprint density at radius 3 is 2.47 bits per heavy atom. The molecule has 0 fully saturated rings. The zero-order valence-electron chi connectivity index (χ0n) is 19.2. The molecule has 1 aliphatic heterocycles. The fraction of sp³-hybridized carbons (Fsp3) is 0.192. The van der Waals surface area contributed by atoms with Crippen molar-refractivity contribution in [1.29, 1.82) is 0 Å². The molecule has 34 heavy (non-hydrogen) atoms. The predicted octanol–water partition coefficient (Wildman–Crippen LogP) is 3.21. The van der Waals surface area contributed by atoms with Gasteiger partial charge < -0.3 is 19.8 Å². The molecule has 0 saturated carbocycles. The Morgan fingerprint density at radius 2 is 1.74 bits per heavy atom. The van der Waals surface area contributed by atoms with Crippen LogP contribution >= 0.6 is 0 Å². The fourth-order valence-electron chi connectivity index (χ4n) is 4.52. The number of anilines is 1. The van der Waals surface area contributed by atoms with Gasteiger partial charge in [-0.3, -0.25) is 19.7 Å². The molecule has 5 rings (SSSR count). The van der Waals surface area contributed by atoms with E-state index in [2.05, 4.69) is 25.1 Å². The zero-order chi connectivity index (χ0) is 24.0. The lowest BCUT2D eigenvalue weighted by Gasteiger charge is -2.11. The average Bonchev–Trinajstić information content (AvgIpc) is 3.44. The minimum atomic E-state index is -0.429. The van der Waals surface area contributed by atoms with Gasteiger partial charge in [0.1, 0.15) is 0 Å². The van der Waals surface area contributed by atoms with Crippen molar-refractivity contribution in [2.75, 3.05) is 26.0 Å². The summed E-state index contributed by atoms with van der Waals surface area (Å²) in [7, 11) is 4.00. The molecule has 0 bridgehead atoms. The molecule has 0 unspecified atom stereocenters. The molecule has 1 aliphatic rings. The normalized spacial score (nSPS) is 14.0. The van der Waals surface area contributed by atoms with Crippen molar-refractivity contribution in [1.82, 2.24) is 19.8 Å². The highest BCUT2D eigenvalue weighted by molar-refractivity contribution is 6.50. The van der Waals surface area contributed by atoms with Crippen molar-refractivity contribution in [2.24, 2.45) is 0 Å². The first kappa shape index (κ1) is 21.7. The van der Waals surface area contributed by atoms with E-state index in [-0.39, 0.29) is 5.91 Å². The standard InChI is InChI=1S/C26H25N5O3/c1-15(32)28-16-8-9-22-18(12-16)20(14-31(22)11-10-30(2)3)24-23(25(33)29-26(24)34)19-13-27-21-7-5-4-6-17(19)21/h4-9,12-14,27H,10-11H2,1-3H3,(H,28,32)(H,29,33,34). The largest absolute Gasteiger partial charge is 0.361 e. The second-order valence-electron chi connectivity index (χ2n) is 8.73. The second kappa shape index (κ2) is 8.31. The number of hydrogen-bond donors (Lipinski definition) is 3. The van der Waals surface area contributed by atoms with E-state index in [4.69, 9.17) is 0 Å². The molecule has 4 aromatic rings. The van der Waals surface area contributed by atoms with Crippen LogP contribution in [-0.4, -0.2) is 52.8 Å². The van der Waals surface area contributed by atoms with E-state index in [0.29, 0.717) is 34.5 Å². The summed E-state index contributed by atoms with van der Waals surface area (Å²) in [4.78, 5) is 43.1. The van der Waals surface area contributed by atoms with Gasteiger partial charge in [0.2, 0.25) is 5.91 Å². The third-order valence-corrected chi connectivity index (χ3v) is 6.05. The molecular weight excluding hydrogens is 430 g/mol. The molecule has 3 N–H and O–H groups in total. The van der Waals surface area contributed by atoms with Crippen LogP contribution in [0.15, 0.2) is 54.9 Å². The Morgan fingerprint density at radius 1 is 1.00 bits per heavy atom. The number of para-hydroxylation sites is 1. The summed E-state index contributed by atoms with van der Waals surface area (Å²) in [6.45, 7) is 2.96. The number of amides is 3. The second-order valence-corrected chi connectivity index (χ2v) is 8.73. The van der Waals surface area contributed by atoms with E-state index < -0.39 is 11.8 Å². The van der Waals surface area contributed by atoms with Crippen LogP contribution < -0.4 is 10.6 Å². The van der Waals surface area contributed by atoms with Gasteiger partial charge in [-0.05, 0) is 38.4 Å². The lowest BCUT2D eigenvalue weighted by atomic mass is 9.95. The topological polar surface area (TPSA) is 99.2 Å². The summed E-state index contributed by atoms with van der Waals surface area (Å²) in [5.41, 5.74) is 4.46. The predicted molar refractivity (Wildman–Crippen MR) is 133 cm³/mol. The smallest absolute Gasteiger partial charge is 0.259 e. The van der Waals surface area contributed by atoms with Crippen LogP contribution in [0.5, 0.6) is 0 Å². The van der Waals surface area contributed by atoms with Gasteiger partial charge in [0.15, 0.2) is 0 Å². The first-order valence-electron chi connectivity index (χ1n) is 11.1. The number of nitrogens with one attached hydrogen (secondary N) is 3. The van der Waals surface area contributed by atoms with Crippen molar-refractivity contribution in [3.8, 4) is 0 Å². The summed E-state index contributed by atoms with van der Waals surface area (Å²) in [6.07, 6.45) is 3.69. The van der Waals surface area contributed by atoms with Crippen molar-refractivity contribution < 1.29 is 14.4 Å². The third kappa shape index (κ3) is 3.68. The minimum Gasteiger partial charge on any atom is -0.361 e. The molecule has 0 atom stereocenters. The van der Waals surface area contributed by atoms with Crippen molar-refractivity contribution in [3.63, 3.8) is 0 Å². The number of carbonyl (C=O) groups excluding carboxylic acids is 3. The van der Waals surface area contributed by atoms with Gasteiger partial charge in [0.05, 0.1) is 11.1 Å². The molecule has 0 saturated heterocycles. The van der Waals surface area contributed by atoms with Crippen molar-refractivity contribution in [2.45, 2.75) is 13.5 Å². The van der Waals surface area contributed by atoms with Gasteiger partial charge in [-0.15, -0.1) is 0 Å². The Kier molecular flexibility index (Phi) is 5.30. The summed E-state index contributed by atoms with van der Waals surface area (Å²) >= 11 is 0. The molecule has 8 heteroatoms. The van der Waals surface area contributed by atoms with Gasteiger partial charge >= 0.3 is 0 Å². The van der Waals surface area contributed by atoms with Crippen LogP contribution in [0.4, 0.5) is 5.69 Å². The number of H-pyrrole nitrogens is 1. The number of benzene rings is 2. The van der Waals surface area contributed by atoms with E-state index in [1.165, 1.54) is 6.92 Å². The van der Waals surface area contributed by atoms with E-state index >= 15 is 0 Å². The fourth-order valence-corrected chi connectivity index (χ4v) is 4.52. The maximum Gasteiger partial charge on any atom is 0.259 e. The van der Waals surface area contributed by atoms with Gasteiger partial charge in [-0.2, -0.15) is 0 Å². The number of hydrogen-bond acceptors (Lipinski definition) is 4. The number of carbonyl (C=O) groups is 3. The van der Waals surface area contributed by atoms with E-state index in [9.17, 15) is 14.4 Å². The summed E-state index contributed by atoms with van der Waals surface area (Å²) < 4.78 is 2.08. The number of aromatic nitrogens is 2. The maximum absolute atomic E-state index is 13.1. The number of imide groups is 1. The monoisotopic (exact) mass is 455 g/mol. The van der Waals surface area contributed by atoms with E-state index in [1.54, 1.807) is 6.20 Å². The highest BCUT2D eigenvalue weighted by Gasteiger charge is 2.35. The quantitative estimate of drug-likeness (QED) is 0.389. The SMILES string of the molecule is CC(=O)Nc1ccc2c(c1)c(C1=C(c3c[nH]c4ccccc34)C(=O)NC1=O)cn2CCN(C)C. The molecule has 0 aliphatic carbocycles. The van der Waals surface area contributed by atoms with Crippen LogP contribution in [0.2, 0.25) is 0 Å². The highest BCUT2D eigenvalue weighted by atomic mass is 16.2. The highest BCUT2D eigenvalue weighted by Crippen LogP contribution is 2.39. The van der Waals surface area contributed by atoms with Crippen LogP contribution in [0.3, 0.4) is 0 Å². The molecular formula is C26H25N5O3. The summed E-state index contributed by atoms with van der Waals surface area (Å²) in [6, 6.07) is 13.3. The van der Waals surface area contributed by atoms with Crippen LogP contribution in [0.25, 0.3) is 33.0 Å². The summed E-state index contributed by atoms with van der Waals surface area (Å²) in [5.74, 6) is -1.03. The van der Waals surface area contributed by atoms with E-state index in [0.717, 1.165) is 28.4 Å².